The molecule has 2 rings (SSSR count). The standard InChI is InChI=1S/C15H29N3S/c1-11(2)6-7-18-13(19)16-15(17-18)9-12(3)8-14(4,5)10-15/h11-12,17H,6-10H2,1-5H3,(H,16,19)/t12-,15+/m0/s1. The number of rotatable bonds is 3. The van der Waals surface area contributed by atoms with Gasteiger partial charge in [-0.05, 0) is 55.2 Å². The smallest absolute Gasteiger partial charge is 0.185 e. The predicted molar refractivity (Wildman–Crippen MR) is 84.6 cm³/mol. The summed E-state index contributed by atoms with van der Waals surface area (Å²) in [6.07, 6.45) is 4.78. The first-order valence-electron chi connectivity index (χ1n) is 7.59. The van der Waals surface area contributed by atoms with E-state index in [9.17, 15) is 0 Å². The minimum absolute atomic E-state index is 0.00473. The summed E-state index contributed by atoms with van der Waals surface area (Å²) >= 11 is 5.51. The highest BCUT2D eigenvalue weighted by Crippen LogP contribution is 2.44. The maximum absolute atomic E-state index is 5.51. The van der Waals surface area contributed by atoms with E-state index in [1.54, 1.807) is 0 Å². The molecule has 2 N–H and O–H groups in total. The van der Waals surface area contributed by atoms with Crippen LogP contribution in [-0.2, 0) is 0 Å². The van der Waals surface area contributed by atoms with Gasteiger partial charge < -0.3 is 5.32 Å². The molecule has 0 unspecified atom stereocenters. The summed E-state index contributed by atoms with van der Waals surface area (Å²) in [5.74, 6) is 1.44. The summed E-state index contributed by atoms with van der Waals surface area (Å²) in [5.41, 5.74) is 4.05. The number of nitrogens with one attached hydrogen (secondary N) is 2. The minimum atomic E-state index is -0.00473. The monoisotopic (exact) mass is 283 g/mol. The number of thiocarbonyl (C=S) groups is 1. The zero-order valence-electron chi connectivity index (χ0n) is 13.0. The number of hydrazine groups is 1. The quantitative estimate of drug-likeness (QED) is 0.777. The fourth-order valence-corrected chi connectivity index (χ4v) is 4.24. The summed E-state index contributed by atoms with van der Waals surface area (Å²) in [7, 11) is 0. The second-order valence-electron chi connectivity index (χ2n) is 7.81. The average molecular weight is 283 g/mol. The molecule has 0 bridgehead atoms. The normalized spacial score (nSPS) is 34.1. The molecule has 1 spiro atoms. The van der Waals surface area contributed by atoms with Gasteiger partial charge in [-0.25, -0.2) is 5.43 Å². The highest BCUT2D eigenvalue weighted by Gasteiger charge is 2.48. The Morgan fingerprint density at radius 3 is 2.63 bits per heavy atom. The van der Waals surface area contributed by atoms with Crippen molar-refractivity contribution in [1.29, 1.82) is 0 Å². The number of nitrogens with zero attached hydrogens (tertiary/aromatic N) is 1. The van der Waals surface area contributed by atoms with Crippen molar-refractivity contribution in [2.45, 2.75) is 66.0 Å². The lowest BCUT2D eigenvalue weighted by molar-refractivity contribution is 0.0555. The van der Waals surface area contributed by atoms with Gasteiger partial charge in [0.05, 0.1) is 0 Å². The molecule has 2 atom stereocenters. The van der Waals surface area contributed by atoms with Crippen molar-refractivity contribution in [3.8, 4) is 0 Å². The Morgan fingerprint density at radius 1 is 1.37 bits per heavy atom. The lowest BCUT2D eigenvalue weighted by Gasteiger charge is -2.45. The molecule has 110 valence electrons. The van der Waals surface area contributed by atoms with Crippen molar-refractivity contribution in [2.75, 3.05) is 6.54 Å². The maximum Gasteiger partial charge on any atom is 0.185 e. The summed E-state index contributed by atoms with van der Waals surface area (Å²) in [4.78, 5) is 0. The molecule has 1 heterocycles. The molecule has 1 saturated carbocycles. The Morgan fingerprint density at radius 2 is 2.05 bits per heavy atom. The zero-order valence-corrected chi connectivity index (χ0v) is 13.9. The summed E-state index contributed by atoms with van der Waals surface area (Å²) < 4.78 is 0. The number of hydrogen-bond acceptors (Lipinski definition) is 2. The van der Waals surface area contributed by atoms with Gasteiger partial charge in [0.25, 0.3) is 0 Å². The van der Waals surface area contributed by atoms with Crippen LogP contribution in [-0.4, -0.2) is 22.3 Å². The van der Waals surface area contributed by atoms with E-state index in [4.69, 9.17) is 12.2 Å². The van der Waals surface area contributed by atoms with Crippen LogP contribution in [0.1, 0.15) is 60.3 Å². The molecule has 2 aliphatic rings. The lowest BCUT2D eigenvalue weighted by Crippen LogP contribution is -2.57. The summed E-state index contributed by atoms with van der Waals surface area (Å²) in [5, 5.41) is 6.61. The Balaban J connectivity index is 2.04. The maximum atomic E-state index is 5.51. The molecule has 0 aromatic heterocycles. The third-order valence-corrected chi connectivity index (χ3v) is 4.57. The Bertz CT molecular complexity index is 353. The Kier molecular flexibility index (Phi) is 4.12. The second kappa shape index (κ2) is 5.21. The predicted octanol–water partition coefficient (Wildman–Crippen LogP) is 3.27. The van der Waals surface area contributed by atoms with Crippen LogP contribution in [0, 0.1) is 17.3 Å². The molecule has 19 heavy (non-hydrogen) atoms. The molecular weight excluding hydrogens is 254 g/mol. The number of hydrogen-bond donors (Lipinski definition) is 2. The van der Waals surface area contributed by atoms with E-state index in [2.05, 4.69) is 50.4 Å². The van der Waals surface area contributed by atoms with Crippen molar-refractivity contribution in [1.82, 2.24) is 15.8 Å². The topological polar surface area (TPSA) is 27.3 Å². The van der Waals surface area contributed by atoms with Gasteiger partial charge >= 0.3 is 0 Å². The van der Waals surface area contributed by atoms with Gasteiger partial charge in [-0.3, -0.25) is 5.01 Å². The van der Waals surface area contributed by atoms with E-state index >= 15 is 0 Å². The first-order chi connectivity index (χ1) is 8.71. The van der Waals surface area contributed by atoms with Gasteiger partial charge in [-0.15, -0.1) is 0 Å². The van der Waals surface area contributed by atoms with Crippen LogP contribution in [0.15, 0.2) is 0 Å². The SMILES string of the molecule is CC(C)CCN1N[C@@]2(C[C@@H](C)CC(C)(C)C2)NC1=S. The van der Waals surface area contributed by atoms with E-state index in [1.165, 1.54) is 12.8 Å². The van der Waals surface area contributed by atoms with Crippen LogP contribution in [0.2, 0.25) is 0 Å². The van der Waals surface area contributed by atoms with Gasteiger partial charge in [-0.2, -0.15) is 0 Å². The fourth-order valence-electron chi connectivity index (χ4n) is 3.91. The third-order valence-electron chi connectivity index (χ3n) is 4.25. The van der Waals surface area contributed by atoms with Crippen LogP contribution in [0.25, 0.3) is 0 Å². The first-order valence-corrected chi connectivity index (χ1v) is 8.00. The van der Waals surface area contributed by atoms with E-state index < -0.39 is 0 Å². The highest BCUT2D eigenvalue weighted by molar-refractivity contribution is 7.80. The Hall–Kier alpha value is -0.350. The van der Waals surface area contributed by atoms with Crippen LogP contribution in [0.3, 0.4) is 0 Å². The van der Waals surface area contributed by atoms with Gasteiger partial charge in [-0.1, -0.05) is 34.6 Å². The molecular formula is C15H29N3S. The van der Waals surface area contributed by atoms with Crippen LogP contribution in [0.5, 0.6) is 0 Å². The van der Waals surface area contributed by atoms with E-state index in [0.29, 0.717) is 11.3 Å². The third kappa shape index (κ3) is 3.60. The van der Waals surface area contributed by atoms with Gasteiger partial charge in [0.2, 0.25) is 0 Å². The molecule has 3 nitrogen and oxygen atoms in total. The van der Waals surface area contributed by atoms with E-state index in [-0.39, 0.29) is 5.66 Å². The minimum Gasteiger partial charge on any atom is -0.342 e. The first kappa shape index (κ1) is 15.0. The molecule has 4 heteroatoms. The van der Waals surface area contributed by atoms with Crippen molar-refractivity contribution < 1.29 is 0 Å². The summed E-state index contributed by atoms with van der Waals surface area (Å²) in [6.45, 7) is 12.6. The van der Waals surface area contributed by atoms with Crippen molar-refractivity contribution in [3.63, 3.8) is 0 Å². The molecule has 1 aliphatic carbocycles. The fraction of sp³-hybridized carbons (Fsp3) is 0.933. The van der Waals surface area contributed by atoms with Crippen LogP contribution in [0.4, 0.5) is 0 Å². The molecule has 1 aliphatic heterocycles. The molecule has 1 saturated heterocycles. The van der Waals surface area contributed by atoms with Crippen molar-refractivity contribution >= 4 is 17.3 Å². The molecule has 0 aromatic rings. The summed E-state index contributed by atoms with van der Waals surface area (Å²) in [6, 6.07) is 0. The molecule has 0 amide bonds. The van der Waals surface area contributed by atoms with E-state index in [0.717, 1.165) is 30.4 Å². The van der Waals surface area contributed by atoms with Gasteiger partial charge in [0.1, 0.15) is 5.66 Å². The lowest BCUT2D eigenvalue weighted by atomic mass is 9.68. The van der Waals surface area contributed by atoms with Crippen molar-refractivity contribution in [3.05, 3.63) is 0 Å². The van der Waals surface area contributed by atoms with E-state index in [1.807, 2.05) is 0 Å². The van der Waals surface area contributed by atoms with Gasteiger partial charge in [0, 0.05) is 6.54 Å². The largest absolute Gasteiger partial charge is 0.342 e. The second-order valence-corrected chi connectivity index (χ2v) is 8.20. The molecule has 0 aromatic carbocycles. The average Bonchev–Trinajstić information content (AvgIpc) is 2.47. The molecule has 2 fully saturated rings. The highest BCUT2D eigenvalue weighted by atomic mass is 32.1. The van der Waals surface area contributed by atoms with Crippen molar-refractivity contribution in [2.24, 2.45) is 17.3 Å². The van der Waals surface area contributed by atoms with Gasteiger partial charge in [0.15, 0.2) is 5.11 Å². The van der Waals surface area contributed by atoms with Crippen LogP contribution < -0.4 is 10.7 Å². The van der Waals surface area contributed by atoms with Crippen LogP contribution >= 0.6 is 12.2 Å². The Labute approximate surface area is 123 Å². The zero-order chi connectivity index (χ0) is 14.3. The molecule has 0 radical (unpaired) electrons.